The monoisotopic (exact) mass is 476 g/mol. The van der Waals surface area contributed by atoms with Gasteiger partial charge < -0.3 is 19.3 Å². The van der Waals surface area contributed by atoms with Crippen molar-refractivity contribution in [1.29, 1.82) is 0 Å². The van der Waals surface area contributed by atoms with Gasteiger partial charge in [0.15, 0.2) is 11.5 Å². The minimum atomic E-state index is -0.0716. The zero-order valence-electron chi connectivity index (χ0n) is 19.6. The fourth-order valence-corrected chi connectivity index (χ4v) is 5.20. The van der Waals surface area contributed by atoms with E-state index in [9.17, 15) is 9.59 Å². The average Bonchev–Trinajstić information content (AvgIpc) is 3.23. The van der Waals surface area contributed by atoms with E-state index in [2.05, 4.69) is 0 Å². The van der Waals surface area contributed by atoms with E-state index in [0.29, 0.717) is 35.9 Å². The summed E-state index contributed by atoms with van der Waals surface area (Å²) in [5.41, 5.74) is 3.68. The molecule has 1 aliphatic heterocycles. The van der Waals surface area contributed by atoms with Crippen molar-refractivity contribution in [3.8, 4) is 11.5 Å². The van der Waals surface area contributed by atoms with Crippen molar-refractivity contribution in [3.05, 3.63) is 95.1 Å². The van der Waals surface area contributed by atoms with E-state index in [-0.39, 0.29) is 17.2 Å². The molecule has 0 radical (unpaired) electrons. The molecule has 0 N–H and O–H groups in total. The van der Waals surface area contributed by atoms with Gasteiger partial charge in [-0.3, -0.25) is 9.59 Å². The lowest BCUT2D eigenvalue weighted by molar-refractivity contribution is -0.128. The van der Waals surface area contributed by atoms with Crippen LogP contribution >= 0.6 is 11.8 Å². The van der Waals surface area contributed by atoms with Crippen molar-refractivity contribution in [1.82, 2.24) is 9.80 Å². The summed E-state index contributed by atoms with van der Waals surface area (Å²) in [5.74, 6) is 1.81. The Kier molecular flexibility index (Phi) is 7.43. The Morgan fingerprint density at radius 1 is 0.971 bits per heavy atom. The van der Waals surface area contributed by atoms with E-state index in [4.69, 9.17) is 9.47 Å². The lowest BCUT2D eigenvalue weighted by Crippen LogP contribution is -2.28. The third-order valence-corrected chi connectivity index (χ3v) is 7.08. The number of thioether (sulfide) groups is 1. The molecule has 0 bridgehead atoms. The maximum Gasteiger partial charge on any atom is 0.253 e. The number of carbonyl (C=O) groups excluding carboxylic acids is 2. The number of rotatable bonds is 8. The zero-order chi connectivity index (χ0) is 24.1. The first kappa shape index (κ1) is 23.7. The molecule has 2 amide bonds. The third kappa shape index (κ3) is 5.20. The predicted molar refractivity (Wildman–Crippen MR) is 134 cm³/mol. The van der Waals surface area contributed by atoms with Gasteiger partial charge in [0.2, 0.25) is 5.91 Å². The molecule has 3 aromatic rings. The van der Waals surface area contributed by atoms with Gasteiger partial charge in [-0.15, -0.1) is 11.8 Å². The quantitative estimate of drug-likeness (QED) is 0.470. The second-order valence-corrected chi connectivity index (χ2v) is 9.21. The van der Waals surface area contributed by atoms with E-state index in [1.807, 2.05) is 77.7 Å². The molecule has 7 heteroatoms. The van der Waals surface area contributed by atoms with Gasteiger partial charge in [0.05, 0.1) is 20.0 Å². The Bertz CT molecular complexity index is 1150. The first-order chi connectivity index (χ1) is 16.5. The topological polar surface area (TPSA) is 59.1 Å². The first-order valence-electron chi connectivity index (χ1n) is 11.0. The van der Waals surface area contributed by atoms with Crippen molar-refractivity contribution in [2.24, 2.45) is 0 Å². The SMILES string of the molecule is COc1ccc(CN(C)C(=O)c2ccc([C@@H]3SCC(=O)N3Cc3ccccc3)cc2)cc1OC. The van der Waals surface area contributed by atoms with Crippen LogP contribution in [0.1, 0.15) is 32.4 Å². The molecule has 0 saturated carbocycles. The Morgan fingerprint density at radius 3 is 2.35 bits per heavy atom. The van der Waals surface area contributed by atoms with Gasteiger partial charge in [-0.2, -0.15) is 0 Å². The Labute approximate surface area is 204 Å². The largest absolute Gasteiger partial charge is 0.493 e. The number of nitrogens with zero attached hydrogens (tertiary/aromatic N) is 2. The van der Waals surface area contributed by atoms with E-state index in [0.717, 1.165) is 16.7 Å². The number of ether oxygens (including phenoxy) is 2. The van der Waals surface area contributed by atoms with Gasteiger partial charge in [0, 0.05) is 25.7 Å². The summed E-state index contributed by atoms with van der Waals surface area (Å²) in [4.78, 5) is 29.1. The standard InChI is InChI=1S/C27H28N2O4S/c1-28(16-20-9-14-23(32-2)24(15-20)33-3)26(31)21-10-12-22(13-11-21)27-29(25(30)18-34-27)17-19-7-5-4-6-8-19/h4-15,27H,16-18H2,1-3H3/t27-/m0/s1. The van der Waals surface area contributed by atoms with Gasteiger partial charge in [0.25, 0.3) is 5.91 Å². The molecule has 1 atom stereocenters. The fraction of sp³-hybridized carbons (Fsp3) is 0.259. The smallest absolute Gasteiger partial charge is 0.253 e. The van der Waals surface area contributed by atoms with E-state index in [1.54, 1.807) is 37.9 Å². The minimum Gasteiger partial charge on any atom is -0.493 e. The van der Waals surface area contributed by atoms with Crippen LogP contribution in [-0.2, 0) is 17.9 Å². The summed E-state index contributed by atoms with van der Waals surface area (Å²) in [6, 6.07) is 23.2. The van der Waals surface area contributed by atoms with Crippen molar-refractivity contribution in [2.45, 2.75) is 18.5 Å². The highest BCUT2D eigenvalue weighted by atomic mass is 32.2. The fourth-order valence-electron chi connectivity index (χ4n) is 4.02. The van der Waals surface area contributed by atoms with Crippen LogP contribution in [0.3, 0.4) is 0 Å². The van der Waals surface area contributed by atoms with Crippen LogP contribution in [0.4, 0.5) is 0 Å². The lowest BCUT2D eigenvalue weighted by Gasteiger charge is -2.25. The first-order valence-corrected chi connectivity index (χ1v) is 12.1. The summed E-state index contributed by atoms with van der Waals surface area (Å²) in [7, 11) is 4.97. The lowest BCUT2D eigenvalue weighted by atomic mass is 10.1. The van der Waals surface area contributed by atoms with E-state index < -0.39 is 0 Å². The Hall–Kier alpha value is -3.45. The highest BCUT2D eigenvalue weighted by Crippen LogP contribution is 2.39. The number of amides is 2. The maximum absolute atomic E-state index is 13.0. The van der Waals surface area contributed by atoms with E-state index in [1.165, 1.54) is 0 Å². The minimum absolute atomic E-state index is 0.0543. The van der Waals surface area contributed by atoms with Crippen LogP contribution < -0.4 is 9.47 Å². The van der Waals surface area contributed by atoms with Crippen LogP contribution in [-0.4, -0.2) is 48.6 Å². The van der Waals surface area contributed by atoms with Gasteiger partial charge in [-0.1, -0.05) is 48.5 Å². The van der Waals surface area contributed by atoms with Gasteiger partial charge in [0.1, 0.15) is 5.37 Å². The summed E-state index contributed by atoms with van der Waals surface area (Å²) < 4.78 is 10.6. The normalized spacial score (nSPS) is 15.3. The number of hydrogen-bond acceptors (Lipinski definition) is 5. The molecular formula is C27H28N2O4S. The zero-order valence-corrected chi connectivity index (χ0v) is 20.4. The highest BCUT2D eigenvalue weighted by molar-refractivity contribution is 8.00. The second kappa shape index (κ2) is 10.7. The van der Waals surface area contributed by atoms with Gasteiger partial charge >= 0.3 is 0 Å². The molecular weight excluding hydrogens is 448 g/mol. The van der Waals surface area contributed by atoms with Crippen LogP contribution in [0, 0.1) is 0 Å². The Balaban J connectivity index is 1.44. The molecule has 1 saturated heterocycles. The van der Waals surface area contributed by atoms with Crippen molar-refractivity contribution in [2.75, 3.05) is 27.0 Å². The average molecular weight is 477 g/mol. The molecule has 1 fully saturated rings. The molecule has 34 heavy (non-hydrogen) atoms. The second-order valence-electron chi connectivity index (χ2n) is 8.14. The molecule has 0 spiro atoms. The molecule has 6 nitrogen and oxygen atoms in total. The number of methoxy groups -OCH3 is 2. The van der Waals surface area contributed by atoms with Crippen LogP contribution in [0.5, 0.6) is 11.5 Å². The molecule has 1 aliphatic rings. The number of carbonyl (C=O) groups is 2. The molecule has 1 heterocycles. The third-order valence-electron chi connectivity index (χ3n) is 5.82. The van der Waals surface area contributed by atoms with Crippen molar-refractivity contribution in [3.63, 3.8) is 0 Å². The van der Waals surface area contributed by atoms with Gasteiger partial charge in [-0.25, -0.2) is 0 Å². The Morgan fingerprint density at radius 2 is 1.68 bits per heavy atom. The molecule has 0 unspecified atom stereocenters. The van der Waals surface area contributed by atoms with Gasteiger partial charge in [-0.05, 0) is 41.0 Å². The van der Waals surface area contributed by atoms with E-state index >= 15 is 0 Å². The van der Waals surface area contributed by atoms with Crippen LogP contribution in [0.2, 0.25) is 0 Å². The molecule has 176 valence electrons. The molecule has 3 aromatic carbocycles. The highest BCUT2D eigenvalue weighted by Gasteiger charge is 2.32. The summed E-state index contributed by atoms with van der Waals surface area (Å²) >= 11 is 1.62. The summed E-state index contributed by atoms with van der Waals surface area (Å²) in [5, 5.41) is -0.0543. The van der Waals surface area contributed by atoms with Crippen molar-refractivity contribution < 1.29 is 19.1 Å². The predicted octanol–water partition coefficient (Wildman–Crippen LogP) is 4.75. The summed E-state index contributed by atoms with van der Waals surface area (Å²) in [6.07, 6.45) is 0. The maximum atomic E-state index is 13.0. The van der Waals surface area contributed by atoms with Crippen molar-refractivity contribution >= 4 is 23.6 Å². The number of hydrogen-bond donors (Lipinski definition) is 0. The van der Waals surface area contributed by atoms with Crippen LogP contribution in [0.15, 0.2) is 72.8 Å². The molecule has 4 rings (SSSR count). The van der Waals surface area contributed by atoms with Crippen LogP contribution in [0.25, 0.3) is 0 Å². The molecule has 0 aromatic heterocycles. The number of benzene rings is 3. The molecule has 0 aliphatic carbocycles. The summed E-state index contributed by atoms with van der Waals surface area (Å²) in [6.45, 7) is 1.02.